The van der Waals surface area contributed by atoms with Crippen molar-refractivity contribution in [3.05, 3.63) is 83.4 Å². The van der Waals surface area contributed by atoms with E-state index in [1.165, 1.54) is 16.3 Å². The van der Waals surface area contributed by atoms with Crippen molar-refractivity contribution in [3.8, 4) is 0 Å². The molecule has 160 valence electrons. The molecule has 1 N–H and O–H groups in total. The van der Waals surface area contributed by atoms with E-state index < -0.39 is 0 Å². The second-order valence-corrected chi connectivity index (χ2v) is 8.17. The Morgan fingerprint density at radius 2 is 1.65 bits per heavy atom. The summed E-state index contributed by atoms with van der Waals surface area (Å²) < 4.78 is 0. The van der Waals surface area contributed by atoms with Crippen LogP contribution < -0.4 is 5.32 Å². The SMILES string of the molecule is Cc1cccc(C(=O)NCCC(=O)N2CCN(Cc3cccc4ccccc34)CC2)c1. The quantitative estimate of drug-likeness (QED) is 0.669. The van der Waals surface area contributed by atoms with Crippen LogP contribution in [0.2, 0.25) is 0 Å². The summed E-state index contributed by atoms with van der Waals surface area (Å²) in [7, 11) is 0. The maximum absolute atomic E-state index is 12.6. The second-order valence-electron chi connectivity index (χ2n) is 8.17. The van der Waals surface area contributed by atoms with Gasteiger partial charge in [-0.3, -0.25) is 14.5 Å². The van der Waals surface area contributed by atoms with Gasteiger partial charge in [0.2, 0.25) is 5.91 Å². The van der Waals surface area contributed by atoms with Gasteiger partial charge in [-0.2, -0.15) is 0 Å². The molecule has 0 aromatic heterocycles. The van der Waals surface area contributed by atoms with Gasteiger partial charge in [0.15, 0.2) is 0 Å². The molecule has 1 heterocycles. The van der Waals surface area contributed by atoms with Crippen LogP contribution in [0.4, 0.5) is 0 Å². The van der Waals surface area contributed by atoms with Crippen molar-refractivity contribution in [1.82, 2.24) is 15.1 Å². The van der Waals surface area contributed by atoms with E-state index in [0.717, 1.165) is 38.3 Å². The van der Waals surface area contributed by atoms with E-state index in [1.54, 1.807) is 6.07 Å². The maximum Gasteiger partial charge on any atom is 0.251 e. The van der Waals surface area contributed by atoms with Crippen molar-refractivity contribution in [3.63, 3.8) is 0 Å². The molecule has 0 unspecified atom stereocenters. The lowest BCUT2D eigenvalue weighted by molar-refractivity contribution is -0.132. The number of piperazine rings is 1. The molecule has 0 radical (unpaired) electrons. The third-order valence-corrected chi connectivity index (χ3v) is 5.90. The lowest BCUT2D eigenvalue weighted by atomic mass is 10.0. The van der Waals surface area contributed by atoms with Crippen molar-refractivity contribution in [2.45, 2.75) is 19.9 Å². The van der Waals surface area contributed by atoms with Crippen LogP contribution in [0.5, 0.6) is 0 Å². The van der Waals surface area contributed by atoms with Crippen LogP contribution in [-0.4, -0.2) is 54.3 Å². The molecular formula is C26H29N3O2. The van der Waals surface area contributed by atoms with Gasteiger partial charge in [0.25, 0.3) is 5.91 Å². The molecule has 1 fully saturated rings. The number of hydrogen-bond acceptors (Lipinski definition) is 3. The minimum absolute atomic E-state index is 0.106. The maximum atomic E-state index is 12.6. The van der Waals surface area contributed by atoms with E-state index in [9.17, 15) is 9.59 Å². The molecule has 0 bridgehead atoms. The Balaban J connectivity index is 1.23. The number of rotatable bonds is 6. The highest BCUT2D eigenvalue weighted by molar-refractivity contribution is 5.94. The summed E-state index contributed by atoms with van der Waals surface area (Å²) in [5.41, 5.74) is 3.01. The van der Waals surface area contributed by atoms with Crippen molar-refractivity contribution < 1.29 is 9.59 Å². The predicted octanol–water partition coefficient (Wildman–Crippen LogP) is 3.61. The summed E-state index contributed by atoms with van der Waals surface area (Å²) in [5.74, 6) is -0.0224. The summed E-state index contributed by atoms with van der Waals surface area (Å²) in [4.78, 5) is 29.1. The molecule has 4 rings (SSSR count). The van der Waals surface area contributed by atoms with Gasteiger partial charge in [-0.25, -0.2) is 0 Å². The minimum Gasteiger partial charge on any atom is -0.352 e. The zero-order valence-corrected chi connectivity index (χ0v) is 18.0. The second kappa shape index (κ2) is 9.75. The molecule has 31 heavy (non-hydrogen) atoms. The first-order valence-corrected chi connectivity index (χ1v) is 10.9. The predicted molar refractivity (Wildman–Crippen MR) is 124 cm³/mol. The summed E-state index contributed by atoms with van der Waals surface area (Å²) in [5, 5.41) is 5.42. The highest BCUT2D eigenvalue weighted by Gasteiger charge is 2.21. The molecule has 5 heteroatoms. The molecule has 5 nitrogen and oxygen atoms in total. The number of nitrogens with one attached hydrogen (secondary N) is 1. The third kappa shape index (κ3) is 5.30. The highest BCUT2D eigenvalue weighted by atomic mass is 16.2. The molecule has 0 atom stereocenters. The van der Waals surface area contributed by atoms with Crippen LogP contribution in [0.15, 0.2) is 66.7 Å². The molecule has 1 aliphatic heterocycles. The third-order valence-electron chi connectivity index (χ3n) is 5.90. The highest BCUT2D eigenvalue weighted by Crippen LogP contribution is 2.20. The molecule has 3 aromatic carbocycles. The zero-order chi connectivity index (χ0) is 21.6. The van der Waals surface area contributed by atoms with E-state index in [0.29, 0.717) is 18.5 Å². The lowest BCUT2D eigenvalue weighted by Crippen LogP contribution is -2.48. The van der Waals surface area contributed by atoms with Gasteiger partial charge in [0.05, 0.1) is 0 Å². The van der Waals surface area contributed by atoms with Gasteiger partial charge < -0.3 is 10.2 Å². The normalized spacial score (nSPS) is 14.5. The number of aryl methyl sites for hydroxylation is 1. The fourth-order valence-electron chi connectivity index (χ4n) is 4.16. The van der Waals surface area contributed by atoms with Crippen LogP contribution >= 0.6 is 0 Å². The molecular weight excluding hydrogens is 386 g/mol. The number of carbonyl (C=O) groups excluding carboxylic acids is 2. The molecule has 1 saturated heterocycles. The van der Waals surface area contributed by atoms with Crippen LogP contribution in [0.1, 0.15) is 27.9 Å². The van der Waals surface area contributed by atoms with E-state index >= 15 is 0 Å². The topological polar surface area (TPSA) is 52.7 Å². The average Bonchev–Trinajstić information content (AvgIpc) is 2.79. The van der Waals surface area contributed by atoms with Gasteiger partial charge in [-0.05, 0) is 35.4 Å². The first-order chi connectivity index (χ1) is 15.1. The molecule has 2 amide bonds. The number of nitrogens with zero attached hydrogens (tertiary/aromatic N) is 2. The van der Waals surface area contributed by atoms with E-state index in [-0.39, 0.29) is 11.8 Å². The summed E-state index contributed by atoms with van der Waals surface area (Å²) >= 11 is 0. The van der Waals surface area contributed by atoms with Crippen molar-refractivity contribution in [2.24, 2.45) is 0 Å². The molecule has 3 aromatic rings. The van der Waals surface area contributed by atoms with Crippen molar-refractivity contribution in [2.75, 3.05) is 32.7 Å². The molecule has 0 saturated carbocycles. The van der Waals surface area contributed by atoms with Crippen molar-refractivity contribution >= 4 is 22.6 Å². The Kier molecular flexibility index (Phi) is 6.63. The Morgan fingerprint density at radius 1 is 0.903 bits per heavy atom. The molecule has 1 aliphatic rings. The molecule has 0 aliphatic carbocycles. The van der Waals surface area contributed by atoms with E-state index in [1.807, 2.05) is 30.0 Å². The Morgan fingerprint density at radius 3 is 2.45 bits per heavy atom. The van der Waals surface area contributed by atoms with Gasteiger partial charge in [-0.15, -0.1) is 0 Å². The summed E-state index contributed by atoms with van der Waals surface area (Å²) in [6.07, 6.45) is 0.334. The Labute approximate surface area is 183 Å². The fourth-order valence-corrected chi connectivity index (χ4v) is 4.16. The minimum atomic E-state index is -0.128. The van der Waals surface area contributed by atoms with Crippen LogP contribution in [0.3, 0.4) is 0 Å². The standard InChI is InChI=1S/C26H29N3O2/c1-20-6-4-9-22(18-20)26(31)27-13-12-25(30)29-16-14-28(15-17-29)19-23-10-5-8-21-7-2-3-11-24(21)23/h2-11,18H,12-17,19H2,1H3,(H,27,31). The van der Waals surface area contributed by atoms with Gasteiger partial charge >= 0.3 is 0 Å². The average molecular weight is 416 g/mol. The zero-order valence-electron chi connectivity index (χ0n) is 18.0. The van der Waals surface area contributed by atoms with E-state index in [4.69, 9.17) is 0 Å². The van der Waals surface area contributed by atoms with Gasteiger partial charge in [0.1, 0.15) is 0 Å². The Hall–Kier alpha value is -3.18. The van der Waals surface area contributed by atoms with Gasteiger partial charge in [0, 0.05) is 51.3 Å². The first-order valence-electron chi connectivity index (χ1n) is 10.9. The number of amides is 2. The summed E-state index contributed by atoms with van der Waals surface area (Å²) in [6.45, 7) is 6.41. The molecule has 0 spiro atoms. The van der Waals surface area contributed by atoms with Crippen molar-refractivity contribution in [1.29, 1.82) is 0 Å². The van der Waals surface area contributed by atoms with Crippen LogP contribution in [0, 0.1) is 6.92 Å². The van der Waals surface area contributed by atoms with E-state index in [2.05, 4.69) is 52.7 Å². The van der Waals surface area contributed by atoms with Gasteiger partial charge in [-0.1, -0.05) is 60.2 Å². The lowest BCUT2D eigenvalue weighted by Gasteiger charge is -2.35. The van der Waals surface area contributed by atoms with Crippen LogP contribution in [-0.2, 0) is 11.3 Å². The number of hydrogen-bond donors (Lipinski definition) is 1. The summed E-state index contributed by atoms with van der Waals surface area (Å²) in [6, 6.07) is 22.4. The first kappa shape index (κ1) is 21.1. The number of benzene rings is 3. The number of carbonyl (C=O) groups is 2. The fraction of sp³-hybridized carbons (Fsp3) is 0.308. The Bertz CT molecular complexity index is 1070. The smallest absolute Gasteiger partial charge is 0.251 e. The largest absolute Gasteiger partial charge is 0.352 e. The number of fused-ring (bicyclic) bond motifs is 1. The monoisotopic (exact) mass is 415 g/mol. The van der Waals surface area contributed by atoms with Crippen LogP contribution in [0.25, 0.3) is 10.8 Å².